The molecule has 0 radical (unpaired) electrons. The number of ether oxygens (including phenoxy) is 1. The van der Waals surface area contributed by atoms with Gasteiger partial charge < -0.3 is 4.74 Å². The Morgan fingerprint density at radius 3 is 2.56 bits per heavy atom. The zero-order chi connectivity index (χ0) is 24.0. The number of carbonyl (C=O) groups excluding carboxylic acids is 1. The topological polar surface area (TPSA) is 101 Å². The van der Waals surface area contributed by atoms with Crippen molar-refractivity contribution in [3.8, 4) is 16.9 Å². The van der Waals surface area contributed by atoms with Crippen LogP contribution >= 0.6 is 0 Å². The Morgan fingerprint density at radius 2 is 1.82 bits per heavy atom. The standard InChI is InChI=1S/C25H27N3O5S/c29-25(26-30)11-6-20-12-15-28(19-20)34(31,32)24-9-7-21(8-10-24)22-4-3-5-23(18-22)33-17-16-27-13-1-2-14-27/h3-12,15,18-19,30H,1-2,13-14,16-17H2,(H,26,29). The molecule has 9 heteroatoms. The lowest BCUT2D eigenvalue weighted by Gasteiger charge is -2.15. The lowest BCUT2D eigenvalue weighted by atomic mass is 10.1. The van der Waals surface area contributed by atoms with E-state index in [1.807, 2.05) is 24.3 Å². The largest absolute Gasteiger partial charge is 0.492 e. The van der Waals surface area contributed by atoms with E-state index in [4.69, 9.17) is 9.94 Å². The maximum absolute atomic E-state index is 13.0. The molecule has 0 bridgehead atoms. The highest BCUT2D eigenvalue weighted by Crippen LogP contribution is 2.26. The van der Waals surface area contributed by atoms with Crippen LogP contribution in [0.15, 0.2) is 78.0 Å². The summed E-state index contributed by atoms with van der Waals surface area (Å²) in [6.45, 7) is 3.84. The fourth-order valence-corrected chi connectivity index (χ4v) is 5.06. The number of hydroxylamine groups is 1. The van der Waals surface area contributed by atoms with Crippen LogP contribution in [0.25, 0.3) is 17.2 Å². The van der Waals surface area contributed by atoms with E-state index in [1.165, 1.54) is 36.8 Å². The maximum Gasteiger partial charge on any atom is 0.267 e. The van der Waals surface area contributed by atoms with Crippen LogP contribution in [0.1, 0.15) is 18.4 Å². The van der Waals surface area contributed by atoms with Gasteiger partial charge in [-0.25, -0.2) is 17.9 Å². The first-order chi connectivity index (χ1) is 16.5. The van der Waals surface area contributed by atoms with Crippen LogP contribution in [-0.4, -0.2) is 54.6 Å². The van der Waals surface area contributed by atoms with Crippen molar-refractivity contribution in [2.75, 3.05) is 26.2 Å². The lowest BCUT2D eigenvalue weighted by molar-refractivity contribution is -0.124. The number of likely N-dealkylation sites (tertiary alicyclic amines) is 1. The molecule has 3 aromatic rings. The minimum atomic E-state index is -3.79. The summed E-state index contributed by atoms with van der Waals surface area (Å²) in [4.78, 5) is 13.7. The predicted molar refractivity (Wildman–Crippen MR) is 129 cm³/mol. The molecule has 2 heterocycles. The smallest absolute Gasteiger partial charge is 0.267 e. The molecule has 1 aliphatic rings. The van der Waals surface area contributed by atoms with Crippen molar-refractivity contribution in [2.45, 2.75) is 17.7 Å². The molecule has 0 aliphatic carbocycles. The van der Waals surface area contributed by atoms with Crippen LogP contribution in [-0.2, 0) is 14.8 Å². The van der Waals surface area contributed by atoms with E-state index >= 15 is 0 Å². The molecule has 34 heavy (non-hydrogen) atoms. The highest BCUT2D eigenvalue weighted by Gasteiger charge is 2.17. The number of carbonyl (C=O) groups is 1. The molecule has 1 amide bonds. The highest BCUT2D eigenvalue weighted by atomic mass is 32.2. The van der Waals surface area contributed by atoms with Crippen LogP contribution in [0.3, 0.4) is 0 Å². The van der Waals surface area contributed by atoms with Crippen molar-refractivity contribution in [1.82, 2.24) is 14.4 Å². The number of rotatable bonds is 9. The minimum absolute atomic E-state index is 0.147. The first kappa shape index (κ1) is 23.7. The Bertz CT molecular complexity index is 1260. The van der Waals surface area contributed by atoms with Gasteiger partial charge in [-0.3, -0.25) is 14.9 Å². The summed E-state index contributed by atoms with van der Waals surface area (Å²) in [5.41, 5.74) is 3.81. The van der Waals surface area contributed by atoms with Crippen molar-refractivity contribution in [3.63, 3.8) is 0 Å². The SMILES string of the molecule is O=C(C=Cc1ccn(S(=O)(=O)c2ccc(-c3cccc(OCCN4CCCC4)c3)cc2)c1)NO. The molecular formula is C25H27N3O5S. The highest BCUT2D eigenvalue weighted by molar-refractivity contribution is 7.90. The maximum atomic E-state index is 13.0. The number of amides is 1. The Labute approximate surface area is 199 Å². The number of nitrogens with one attached hydrogen (secondary N) is 1. The van der Waals surface area contributed by atoms with Crippen LogP contribution < -0.4 is 10.2 Å². The van der Waals surface area contributed by atoms with E-state index in [0.29, 0.717) is 12.2 Å². The Balaban J connectivity index is 1.44. The van der Waals surface area contributed by atoms with Crippen LogP contribution in [0.4, 0.5) is 0 Å². The summed E-state index contributed by atoms with van der Waals surface area (Å²) in [7, 11) is -3.79. The number of nitrogens with zero attached hydrogens (tertiary/aromatic N) is 2. The van der Waals surface area contributed by atoms with E-state index in [0.717, 1.165) is 46.6 Å². The van der Waals surface area contributed by atoms with Gasteiger partial charge in [0.15, 0.2) is 0 Å². The summed E-state index contributed by atoms with van der Waals surface area (Å²) in [6.07, 6.45) is 7.82. The lowest BCUT2D eigenvalue weighted by Crippen LogP contribution is -2.25. The van der Waals surface area contributed by atoms with Gasteiger partial charge in [-0.15, -0.1) is 0 Å². The molecular weight excluding hydrogens is 454 g/mol. The van der Waals surface area contributed by atoms with E-state index in [9.17, 15) is 13.2 Å². The van der Waals surface area contributed by atoms with E-state index in [2.05, 4.69) is 4.90 Å². The monoisotopic (exact) mass is 481 g/mol. The molecule has 8 nitrogen and oxygen atoms in total. The summed E-state index contributed by atoms with van der Waals surface area (Å²) in [6, 6.07) is 16.0. The number of aromatic nitrogens is 1. The van der Waals surface area contributed by atoms with Gasteiger partial charge in [-0.05, 0) is 79.0 Å². The van der Waals surface area contributed by atoms with Gasteiger partial charge in [-0.1, -0.05) is 24.3 Å². The zero-order valence-corrected chi connectivity index (χ0v) is 19.4. The first-order valence-electron chi connectivity index (χ1n) is 11.1. The molecule has 4 rings (SSSR count). The zero-order valence-electron chi connectivity index (χ0n) is 18.6. The molecule has 1 aliphatic heterocycles. The van der Waals surface area contributed by atoms with Crippen molar-refractivity contribution in [2.24, 2.45) is 0 Å². The Morgan fingerprint density at radius 1 is 1.06 bits per heavy atom. The van der Waals surface area contributed by atoms with Gasteiger partial charge >= 0.3 is 0 Å². The summed E-state index contributed by atoms with van der Waals surface area (Å²) in [5, 5.41) is 8.53. The van der Waals surface area contributed by atoms with Gasteiger partial charge in [-0.2, -0.15) is 0 Å². The number of hydrogen-bond acceptors (Lipinski definition) is 6. The number of hydrogen-bond donors (Lipinski definition) is 2. The van der Waals surface area contributed by atoms with Crippen molar-refractivity contribution < 1.29 is 23.2 Å². The fraction of sp³-hybridized carbons (Fsp3) is 0.240. The third-order valence-electron chi connectivity index (χ3n) is 5.70. The minimum Gasteiger partial charge on any atom is -0.492 e. The van der Waals surface area contributed by atoms with Crippen LogP contribution in [0.5, 0.6) is 5.75 Å². The van der Waals surface area contributed by atoms with Gasteiger partial charge in [0.2, 0.25) is 0 Å². The molecule has 1 fully saturated rings. The second-order valence-electron chi connectivity index (χ2n) is 8.04. The number of benzene rings is 2. The molecule has 2 N–H and O–H groups in total. The molecule has 178 valence electrons. The van der Waals surface area contributed by atoms with E-state index < -0.39 is 15.9 Å². The van der Waals surface area contributed by atoms with Gasteiger partial charge in [0.05, 0.1) is 4.90 Å². The quantitative estimate of drug-likeness (QED) is 0.276. The molecule has 2 aromatic carbocycles. The van der Waals surface area contributed by atoms with Crippen LogP contribution in [0, 0.1) is 0 Å². The van der Waals surface area contributed by atoms with E-state index in [-0.39, 0.29) is 4.90 Å². The molecule has 1 saturated heterocycles. The summed E-state index contributed by atoms with van der Waals surface area (Å²) in [5.74, 6) is 0.0865. The Hall–Kier alpha value is -3.40. The molecule has 0 atom stereocenters. The average molecular weight is 482 g/mol. The predicted octanol–water partition coefficient (Wildman–Crippen LogP) is 3.39. The summed E-state index contributed by atoms with van der Waals surface area (Å²) >= 11 is 0. The first-order valence-corrected chi connectivity index (χ1v) is 12.5. The molecule has 0 unspecified atom stereocenters. The molecule has 1 aromatic heterocycles. The van der Waals surface area contributed by atoms with E-state index in [1.54, 1.807) is 30.3 Å². The van der Waals surface area contributed by atoms with Gasteiger partial charge in [0.1, 0.15) is 12.4 Å². The summed E-state index contributed by atoms with van der Waals surface area (Å²) < 4.78 is 32.9. The average Bonchev–Trinajstić information content (AvgIpc) is 3.55. The van der Waals surface area contributed by atoms with Crippen LogP contribution in [0.2, 0.25) is 0 Å². The van der Waals surface area contributed by atoms with Gasteiger partial charge in [0.25, 0.3) is 15.9 Å². The van der Waals surface area contributed by atoms with Crippen molar-refractivity contribution in [1.29, 1.82) is 0 Å². The van der Waals surface area contributed by atoms with Gasteiger partial charge in [0, 0.05) is 25.0 Å². The van der Waals surface area contributed by atoms with Crippen molar-refractivity contribution in [3.05, 3.63) is 78.6 Å². The fourth-order valence-electron chi connectivity index (χ4n) is 3.86. The molecule has 0 saturated carbocycles. The second kappa shape index (κ2) is 10.7. The van der Waals surface area contributed by atoms with Crippen molar-refractivity contribution >= 4 is 22.0 Å². The third-order valence-corrected chi connectivity index (χ3v) is 7.35. The third kappa shape index (κ3) is 5.74. The Kier molecular flexibility index (Phi) is 7.46. The second-order valence-corrected chi connectivity index (χ2v) is 9.88. The molecule has 0 spiro atoms. The normalized spacial score (nSPS) is 14.5.